The molecule has 2 N–H and O–H groups in total. The lowest BCUT2D eigenvalue weighted by Crippen LogP contribution is -2.45. The number of hydrogen-bond donors (Lipinski definition) is 2. The van der Waals surface area contributed by atoms with Gasteiger partial charge in [-0.15, -0.1) is 0 Å². The number of anilines is 1. The lowest BCUT2D eigenvalue weighted by Gasteiger charge is -2.45. The van der Waals surface area contributed by atoms with Gasteiger partial charge in [-0.05, 0) is 30.0 Å². The maximum Gasteiger partial charge on any atom is 0.162 e. The first-order valence-corrected chi connectivity index (χ1v) is 11.6. The Kier molecular flexibility index (Phi) is 5.59. The lowest BCUT2D eigenvalue weighted by atomic mass is 9.67. The first-order valence-electron chi connectivity index (χ1n) is 11.6. The number of aliphatic hydroxyl groups excluding tert-OH is 1. The average molecular weight is 468 g/mol. The van der Waals surface area contributed by atoms with Crippen molar-refractivity contribution in [1.29, 1.82) is 5.41 Å². The van der Waals surface area contributed by atoms with E-state index in [4.69, 9.17) is 0 Å². The maximum absolute atomic E-state index is 15.3. The van der Waals surface area contributed by atoms with Gasteiger partial charge >= 0.3 is 0 Å². The first kappa shape index (κ1) is 22.7. The number of pyridine rings is 1. The molecule has 1 aromatic heterocycles. The van der Waals surface area contributed by atoms with Crippen LogP contribution in [0.1, 0.15) is 43.7 Å². The zero-order chi connectivity index (χ0) is 24.7. The van der Waals surface area contributed by atoms with E-state index >= 15 is 4.39 Å². The second kappa shape index (κ2) is 8.62. The molecule has 3 aromatic rings. The third-order valence-electron chi connectivity index (χ3n) is 6.65. The number of Topliss-reactive ketones (excluding diaryl/α,β-unsaturated/α-hetero) is 1. The van der Waals surface area contributed by atoms with E-state index in [0.29, 0.717) is 35.4 Å². The zero-order valence-electron chi connectivity index (χ0n) is 19.6. The number of allylic oxidation sites excluding steroid dienone is 2. The van der Waals surface area contributed by atoms with Crippen molar-refractivity contribution in [3.8, 4) is 0 Å². The summed E-state index contributed by atoms with van der Waals surface area (Å²) in [5.41, 5.74) is 2.30. The monoisotopic (exact) mass is 467 g/mol. The molecule has 5 nitrogen and oxygen atoms in total. The van der Waals surface area contributed by atoms with E-state index in [2.05, 4.69) is 4.98 Å². The van der Waals surface area contributed by atoms with E-state index in [1.807, 2.05) is 26.0 Å². The van der Waals surface area contributed by atoms with Gasteiger partial charge in [-0.2, -0.15) is 0 Å². The van der Waals surface area contributed by atoms with Crippen LogP contribution in [0.15, 0.2) is 96.0 Å². The SMILES string of the molecule is CC1(C)CC(=O)C2=C(C1)N(c1cccnc1)C(=N)/C(=C(/O)c1ccccc1)C2c1ccccc1F. The fourth-order valence-electron chi connectivity index (χ4n) is 5.16. The van der Waals surface area contributed by atoms with Crippen molar-refractivity contribution in [3.63, 3.8) is 0 Å². The van der Waals surface area contributed by atoms with Crippen molar-refractivity contribution in [2.75, 3.05) is 4.90 Å². The fraction of sp³-hybridized carbons (Fsp3) is 0.207. The number of rotatable bonds is 3. The Bertz CT molecular complexity index is 1380. The summed E-state index contributed by atoms with van der Waals surface area (Å²) in [5, 5.41) is 20.8. The molecule has 0 spiro atoms. The number of carbonyl (C=O) groups excluding carboxylic acids is 1. The van der Waals surface area contributed by atoms with Crippen LogP contribution in [0, 0.1) is 16.6 Å². The second-order valence-electron chi connectivity index (χ2n) is 9.78. The summed E-state index contributed by atoms with van der Waals surface area (Å²) >= 11 is 0. The molecule has 0 radical (unpaired) electrons. The highest BCUT2D eigenvalue weighted by Crippen LogP contribution is 2.51. The van der Waals surface area contributed by atoms with Gasteiger partial charge in [0.25, 0.3) is 0 Å². The van der Waals surface area contributed by atoms with Gasteiger partial charge in [-0.3, -0.25) is 20.1 Å². The molecule has 0 saturated carbocycles. The van der Waals surface area contributed by atoms with Crippen molar-refractivity contribution in [3.05, 3.63) is 113 Å². The fourth-order valence-corrected chi connectivity index (χ4v) is 5.16. The Labute approximate surface area is 203 Å². The molecule has 1 unspecified atom stereocenters. The highest BCUT2D eigenvalue weighted by molar-refractivity contribution is 6.19. The minimum absolute atomic E-state index is 0.00291. The van der Waals surface area contributed by atoms with Crippen molar-refractivity contribution in [2.24, 2.45) is 5.41 Å². The molecule has 0 bridgehead atoms. The van der Waals surface area contributed by atoms with Crippen LogP contribution in [-0.4, -0.2) is 21.7 Å². The number of carbonyl (C=O) groups is 1. The van der Waals surface area contributed by atoms with Crippen LogP contribution < -0.4 is 4.90 Å². The molecule has 5 rings (SSSR count). The molecule has 176 valence electrons. The Morgan fingerprint density at radius 3 is 2.46 bits per heavy atom. The molecule has 0 fully saturated rings. The topological polar surface area (TPSA) is 77.3 Å². The molecular formula is C29H26FN3O2. The van der Waals surface area contributed by atoms with E-state index in [-0.39, 0.29) is 33.9 Å². The maximum atomic E-state index is 15.3. The summed E-state index contributed by atoms with van der Waals surface area (Å²) < 4.78 is 15.3. The van der Waals surface area contributed by atoms with Crippen LogP contribution in [0.3, 0.4) is 0 Å². The third-order valence-corrected chi connectivity index (χ3v) is 6.65. The van der Waals surface area contributed by atoms with Gasteiger partial charge in [0, 0.05) is 46.5 Å². The quantitative estimate of drug-likeness (QED) is 0.436. The van der Waals surface area contributed by atoms with Crippen molar-refractivity contribution < 1.29 is 14.3 Å². The first-order chi connectivity index (χ1) is 16.8. The summed E-state index contributed by atoms with van der Waals surface area (Å²) in [7, 11) is 0. The normalized spacial score (nSPS) is 21.1. The van der Waals surface area contributed by atoms with E-state index in [0.717, 1.165) is 0 Å². The zero-order valence-corrected chi connectivity index (χ0v) is 19.6. The van der Waals surface area contributed by atoms with Crippen LogP contribution in [0.2, 0.25) is 0 Å². The van der Waals surface area contributed by atoms with E-state index < -0.39 is 11.7 Å². The number of benzene rings is 2. The predicted molar refractivity (Wildman–Crippen MR) is 135 cm³/mol. The van der Waals surface area contributed by atoms with Crippen LogP contribution in [0.4, 0.5) is 10.1 Å². The van der Waals surface area contributed by atoms with Gasteiger partial charge in [0.05, 0.1) is 11.9 Å². The molecule has 1 aliphatic heterocycles. The van der Waals surface area contributed by atoms with Crippen molar-refractivity contribution in [1.82, 2.24) is 4.98 Å². The minimum Gasteiger partial charge on any atom is -0.507 e. The number of ketones is 1. The molecule has 6 heteroatoms. The second-order valence-corrected chi connectivity index (χ2v) is 9.78. The van der Waals surface area contributed by atoms with E-state index in [1.54, 1.807) is 65.8 Å². The van der Waals surface area contributed by atoms with Gasteiger partial charge in [-0.1, -0.05) is 62.4 Å². The number of halogens is 1. The largest absolute Gasteiger partial charge is 0.507 e. The minimum atomic E-state index is -0.907. The molecule has 1 aliphatic carbocycles. The van der Waals surface area contributed by atoms with Crippen LogP contribution >= 0.6 is 0 Å². The number of aliphatic hydroxyl groups is 1. The Morgan fingerprint density at radius 1 is 1.06 bits per heavy atom. The highest BCUT2D eigenvalue weighted by atomic mass is 19.1. The van der Waals surface area contributed by atoms with Crippen LogP contribution in [0.5, 0.6) is 0 Å². The van der Waals surface area contributed by atoms with Gasteiger partial charge < -0.3 is 5.11 Å². The highest BCUT2D eigenvalue weighted by Gasteiger charge is 2.47. The van der Waals surface area contributed by atoms with Gasteiger partial charge in [0.15, 0.2) is 5.78 Å². The summed E-state index contributed by atoms with van der Waals surface area (Å²) in [6.07, 6.45) is 4.09. The molecule has 2 aliphatic rings. The molecule has 2 heterocycles. The van der Waals surface area contributed by atoms with Gasteiger partial charge in [-0.25, -0.2) is 4.39 Å². The van der Waals surface area contributed by atoms with Crippen LogP contribution in [0.25, 0.3) is 5.76 Å². The number of aromatic nitrogens is 1. The van der Waals surface area contributed by atoms with Crippen molar-refractivity contribution in [2.45, 2.75) is 32.6 Å². The molecule has 35 heavy (non-hydrogen) atoms. The predicted octanol–water partition coefficient (Wildman–Crippen LogP) is 6.41. The summed E-state index contributed by atoms with van der Waals surface area (Å²) in [4.78, 5) is 19.6. The standard InChI is InChI=1S/C29H26FN3O2/c1-29(2)15-22-25(23(34)16-29)24(20-12-6-7-13-21(20)30)26(27(35)18-9-4-3-5-10-18)28(31)33(22)19-11-8-14-32-17-19/h3-14,17,24,31,35H,15-16H2,1-2H3/b27-26+,31-28?. The number of hydrogen-bond acceptors (Lipinski definition) is 4. The van der Waals surface area contributed by atoms with Crippen LogP contribution in [-0.2, 0) is 4.79 Å². The molecule has 2 aromatic carbocycles. The third kappa shape index (κ3) is 3.95. The summed E-state index contributed by atoms with van der Waals surface area (Å²) in [6.45, 7) is 4.04. The Hall–Kier alpha value is -4.06. The Morgan fingerprint density at radius 2 is 1.77 bits per heavy atom. The smallest absolute Gasteiger partial charge is 0.162 e. The van der Waals surface area contributed by atoms with Gasteiger partial charge in [0.1, 0.15) is 17.4 Å². The molecule has 0 amide bonds. The van der Waals surface area contributed by atoms with Gasteiger partial charge in [0.2, 0.25) is 0 Å². The van der Waals surface area contributed by atoms with E-state index in [9.17, 15) is 15.3 Å². The number of amidine groups is 1. The lowest BCUT2D eigenvalue weighted by molar-refractivity contribution is -0.118. The average Bonchev–Trinajstić information content (AvgIpc) is 2.84. The summed E-state index contributed by atoms with van der Waals surface area (Å²) in [6, 6.07) is 18.7. The molecule has 1 atom stereocenters. The number of nitrogens with one attached hydrogen (secondary N) is 1. The summed E-state index contributed by atoms with van der Waals surface area (Å²) in [5.74, 6) is -1.65. The van der Waals surface area contributed by atoms with E-state index in [1.165, 1.54) is 6.07 Å². The molecular weight excluding hydrogens is 441 g/mol. The van der Waals surface area contributed by atoms with Crippen molar-refractivity contribution >= 4 is 23.1 Å². The number of nitrogens with zero attached hydrogens (tertiary/aromatic N) is 2. The Balaban J connectivity index is 1.87. The molecule has 0 saturated heterocycles.